The van der Waals surface area contributed by atoms with E-state index >= 15 is 0 Å². The molecule has 0 unspecified atom stereocenters. The normalized spacial score (nSPS) is 10.9. The molecule has 3 rings (SSSR count). The van der Waals surface area contributed by atoms with Crippen molar-refractivity contribution < 1.29 is 4.39 Å². The van der Waals surface area contributed by atoms with Crippen molar-refractivity contribution in [3.63, 3.8) is 0 Å². The van der Waals surface area contributed by atoms with Crippen molar-refractivity contribution >= 4 is 17.0 Å². The molecule has 0 bridgehead atoms. The number of aromatic nitrogens is 4. The van der Waals surface area contributed by atoms with E-state index in [1.165, 1.54) is 6.07 Å². The fraction of sp³-hybridized carbons (Fsp3) is 0. The molecule has 84 valence electrons. The average molecular weight is 229 g/mol. The molecule has 0 spiro atoms. The van der Waals surface area contributed by atoms with E-state index in [9.17, 15) is 4.39 Å². The van der Waals surface area contributed by atoms with Crippen LogP contribution in [0.2, 0.25) is 0 Å². The van der Waals surface area contributed by atoms with Crippen molar-refractivity contribution in [3.8, 4) is 11.3 Å². The van der Waals surface area contributed by atoms with Crippen molar-refractivity contribution in [2.24, 2.45) is 0 Å². The molecule has 0 aliphatic carbocycles. The molecule has 3 aromatic rings. The van der Waals surface area contributed by atoms with Crippen LogP contribution in [0.4, 0.5) is 10.3 Å². The van der Waals surface area contributed by atoms with Crippen LogP contribution < -0.4 is 5.73 Å². The highest BCUT2D eigenvalue weighted by atomic mass is 19.1. The molecule has 6 heteroatoms. The second-order valence-corrected chi connectivity index (χ2v) is 3.54. The fourth-order valence-corrected chi connectivity index (χ4v) is 1.71. The van der Waals surface area contributed by atoms with Crippen LogP contribution in [-0.4, -0.2) is 20.2 Å². The molecule has 17 heavy (non-hydrogen) atoms. The summed E-state index contributed by atoms with van der Waals surface area (Å²) >= 11 is 0. The Kier molecular flexibility index (Phi) is 2.01. The van der Waals surface area contributed by atoms with E-state index in [0.29, 0.717) is 22.3 Å². The molecule has 0 amide bonds. The Hall–Kier alpha value is -2.50. The zero-order chi connectivity index (χ0) is 11.8. The summed E-state index contributed by atoms with van der Waals surface area (Å²) in [6.07, 6.45) is 1.55. The Morgan fingerprint density at radius 2 is 2.00 bits per heavy atom. The lowest BCUT2D eigenvalue weighted by Gasteiger charge is -2.04. The van der Waals surface area contributed by atoms with E-state index in [-0.39, 0.29) is 11.8 Å². The fourth-order valence-electron chi connectivity index (χ4n) is 1.71. The predicted molar refractivity (Wildman–Crippen MR) is 61.5 cm³/mol. The first-order valence-electron chi connectivity index (χ1n) is 4.97. The first kappa shape index (κ1) is 9.71. The summed E-state index contributed by atoms with van der Waals surface area (Å²) in [4.78, 5) is 8.05. The summed E-state index contributed by atoms with van der Waals surface area (Å²) in [5, 5.41) is 7.18. The van der Waals surface area contributed by atoms with Crippen molar-refractivity contribution in [1.29, 1.82) is 0 Å². The SMILES string of the molecule is Nc1nc(-c2ccccc2F)c2cn[nH]c2n1. The van der Waals surface area contributed by atoms with Gasteiger partial charge >= 0.3 is 0 Å². The molecule has 0 saturated heterocycles. The Morgan fingerprint density at radius 3 is 2.82 bits per heavy atom. The number of anilines is 1. The summed E-state index contributed by atoms with van der Waals surface area (Å²) < 4.78 is 13.7. The zero-order valence-corrected chi connectivity index (χ0v) is 8.68. The topological polar surface area (TPSA) is 80.5 Å². The molecule has 3 N–H and O–H groups in total. The average Bonchev–Trinajstić information content (AvgIpc) is 2.76. The third-order valence-electron chi connectivity index (χ3n) is 2.46. The Bertz CT molecular complexity index is 691. The molecular weight excluding hydrogens is 221 g/mol. The number of benzene rings is 1. The maximum absolute atomic E-state index is 13.7. The van der Waals surface area contributed by atoms with Gasteiger partial charge in [0.15, 0.2) is 5.65 Å². The number of nitrogen functional groups attached to an aromatic ring is 1. The van der Waals surface area contributed by atoms with Crippen LogP contribution >= 0.6 is 0 Å². The first-order valence-corrected chi connectivity index (χ1v) is 4.97. The maximum atomic E-state index is 13.7. The summed E-state index contributed by atoms with van der Waals surface area (Å²) in [5.41, 5.74) is 6.90. The number of hydrogen-bond donors (Lipinski definition) is 2. The van der Waals surface area contributed by atoms with Gasteiger partial charge in [-0.25, -0.2) is 9.37 Å². The van der Waals surface area contributed by atoms with Gasteiger partial charge in [0.25, 0.3) is 0 Å². The van der Waals surface area contributed by atoms with Gasteiger partial charge in [0.1, 0.15) is 5.82 Å². The molecule has 0 aliphatic heterocycles. The molecule has 0 radical (unpaired) electrons. The van der Waals surface area contributed by atoms with Gasteiger partial charge < -0.3 is 5.73 Å². The largest absolute Gasteiger partial charge is 0.368 e. The Morgan fingerprint density at radius 1 is 1.18 bits per heavy atom. The summed E-state index contributed by atoms with van der Waals surface area (Å²) in [7, 11) is 0. The van der Waals surface area contributed by atoms with Crippen molar-refractivity contribution in [1.82, 2.24) is 20.2 Å². The molecule has 0 fully saturated rings. The third kappa shape index (κ3) is 1.50. The van der Waals surface area contributed by atoms with E-state index in [1.54, 1.807) is 24.4 Å². The van der Waals surface area contributed by atoms with Gasteiger partial charge in [-0.05, 0) is 12.1 Å². The van der Waals surface area contributed by atoms with Gasteiger partial charge in [-0.15, -0.1) is 0 Å². The van der Waals surface area contributed by atoms with Gasteiger partial charge in [0, 0.05) is 5.56 Å². The third-order valence-corrected chi connectivity index (χ3v) is 2.46. The molecular formula is C11H8FN5. The van der Waals surface area contributed by atoms with E-state index in [2.05, 4.69) is 20.2 Å². The molecule has 2 aromatic heterocycles. The highest BCUT2D eigenvalue weighted by Gasteiger charge is 2.12. The van der Waals surface area contributed by atoms with Crippen LogP contribution in [0.25, 0.3) is 22.3 Å². The Balaban J connectivity index is 2.37. The highest BCUT2D eigenvalue weighted by molar-refractivity contribution is 5.90. The maximum Gasteiger partial charge on any atom is 0.222 e. The number of H-pyrrole nitrogens is 1. The quantitative estimate of drug-likeness (QED) is 0.666. The number of nitrogens with one attached hydrogen (secondary N) is 1. The van der Waals surface area contributed by atoms with Crippen LogP contribution in [0.5, 0.6) is 0 Å². The number of aromatic amines is 1. The van der Waals surface area contributed by atoms with E-state index in [4.69, 9.17) is 5.73 Å². The molecule has 5 nitrogen and oxygen atoms in total. The molecule has 2 heterocycles. The smallest absolute Gasteiger partial charge is 0.222 e. The number of halogens is 1. The van der Waals surface area contributed by atoms with E-state index in [0.717, 1.165) is 0 Å². The summed E-state index contributed by atoms with van der Waals surface area (Å²) in [6, 6.07) is 6.38. The predicted octanol–water partition coefficient (Wildman–Crippen LogP) is 1.74. The van der Waals surface area contributed by atoms with Gasteiger partial charge in [-0.2, -0.15) is 10.1 Å². The Labute approximate surface area is 95.5 Å². The van der Waals surface area contributed by atoms with Crippen LogP contribution in [0, 0.1) is 5.82 Å². The van der Waals surface area contributed by atoms with Gasteiger partial charge in [-0.3, -0.25) is 5.10 Å². The molecule has 0 aliphatic rings. The second kappa shape index (κ2) is 3.51. The number of fused-ring (bicyclic) bond motifs is 1. The van der Waals surface area contributed by atoms with Crippen molar-refractivity contribution in [2.75, 3.05) is 5.73 Å². The standard InChI is InChI=1S/C11H8FN5/c12-8-4-2-1-3-6(8)9-7-5-14-17-10(7)16-11(13)15-9/h1-5H,(H3,13,14,15,16,17). The molecule has 0 atom stereocenters. The molecule has 1 aromatic carbocycles. The number of nitrogens with two attached hydrogens (primary N) is 1. The van der Waals surface area contributed by atoms with Crippen LogP contribution in [-0.2, 0) is 0 Å². The number of nitrogens with zero attached hydrogens (tertiary/aromatic N) is 3. The van der Waals surface area contributed by atoms with Crippen LogP contribution in [0.3, 0.4) is 0 Å². The molecule has 0 saturated carbocycles. The summed E-state index contributed by atoms with van der Waals surface area (Å²) in [6.45, 7) is 0. The number of rotatable bonds is 1. The van der Waals surface area contributed by atoms with Crippen molar-refractivity contribution in [2.45, 2.75) is 0 Å². The van der Waals surface area contributed by atoms with E-state index in [1.807, 2.05) is 0 Å². The van der Waals surface area contributed by atoms with Gasteiger partial charge in [-0.1, -0.05) is 12.1 Å². The minimum atomic E-state index is -0.354. The summed E-state index contributed by atoms with van der Waals surface area (Å²) in [5.74, 6) is -0.270. The zero-order valence-electron chi connectivity index (χ0n) is 8.68. The van der Waals surface area contributed by atoms with Gasteiger partial charge in [0.2, 0.25) is 5.95 Å². The van der Waals surface area contributed by atoms with E-state index < -0.39 is 0 Å². The van der Waals surface area contributed by atoms with Crippen molar-refractivity contribution in [3.05, 3.63) is 36.3 Å². The monoisotopic (exact) mass is 229 g/mol. The van der Waals surface area contributed by atoms with Crippen LogP contribution in [0.15, 0.2) is 30.5 Å². The van der Waals surface area contributed by atoms with Crippen LogP contribution in [0.1, 0.15) is 0 Å². The minimum absolute atomic E-state index is 0.0833. The second-order valence-electron chi connectivity index (χ2n) is 3.54. The lowest BCUT2D eigenvalue weighted by atomic mass is 10.1. The highest BCUT2D eigenvalue weighted by Crippen LogP contribution is 2.27. The minimum Gasteiger partial charge on any atom is -0.368 e. The van der Waals surface area contributed by atoms with Gasteiger partial charge in [0.05, 0.1) is 17.3 Å². The lowest BCUT2D eigenvalue weighted by molar-refractivity contribution is 0.631. The first-order chi connectivity index (χ1) is 8.25. The lowest BCUT2D eigenvalue weighted by Crippen LogP contribution is -1.98. The number of hydrogen-bond acceptors (Lipinski definition) is 4.